The second-order valence-corrected chi connectivity index (χ2v) is 3.28. The minimum Gasteiger partial charge on any atom is -0.490 e. The van der Waals surface area contributed by atoms with Gasteiger partial charge in [0.05, 0.1) is 5.69 Å². The van der Waals surface area contributed by atoms with Crippen LogP contribution in [0.1, 0.15) is 5.56 Å². The molecule has 0 aliphatic carbocycles. The van der Waals surface area contributed by atoms with Crippen molar-refractivity contribution in [3.8, 4) is 5.75 Å². The van der Waals surface area contributed by atoms with Gasteiger partial charge in [0.1, 0.15) is 12.4 Å². The third-order valence-corrected chi connectivity index (χ3v) is 2.34. The number of aryl methyl sites for hydroxylation is 1. The van der Waals surface area contributed by atoms with E-state index in [-0.39, 0.29) is 0 Å². The molecule has 12 heavy (non-hydrogen) atoms. The molecule has 1 aliphatic rings. The summed E-state index contributed by atoms with van der Waals surface area (Å²) in [5, 5.41) is 4.01. The van der Waals surface area contributed by atoms with Gasteiger partial charge >= 0.3 is 0 Å². The molecule has 64 valence electrons. The van der Waals surface area contributed by atoms with Crippen molar-refractivity contribution >= 4 is 17.3 Å². The first-order valence-corrected chi connectivity index (χ1v) is 4.32. The topological polar surface area (TPSA) is 21.3 Å². The van der Waals surface area contributed by atoms with E-state index in [0.717, 1.165) is 35.2 Å². The van der Waals surface area contributed by atoms with Crippen molar-refractivity contribution in [1.82, 2.24) is 0 Å². The summed E-state index contributed by atoms with van der Waals surface area (Å²) in [6, 6.07) is 3.87. The van der Waals surface area contributed by atoms with E-state index in [2.05, 4.69) is 5.32 Å². The lowest BCUT2D eigenvalue weighted by Gasteiger charge is -2.19. The van der Waals surface area contributed by atoms with Crippen LogP contribution in [-0.2, 0) is 0 Å². The Hall–Kier alpha value is -0.890. The van der Waals surface area contributed by atoms with Crippen LogP contribution in [0.5, 0.6) is 5.75 Å². The van der Waals surface area contributed by atoms with E-state index < -0.39 is 0 Å². The first-order valence-electron chi connectivity index (χ1n) is 3.94. The Bertz CT molecular complexity index is 281. The lowest BCUT2D eigenvalue weighted by atomic mass is 10.2. The van der Waals surface area contributed by atoms with Crippen LogP contribution in [0, 0.1) is 6.92 Å². The SMILES string of the molecule is Cc1cc2c(cc1Cl)NCCO2. The van der Waals surface area contributed by atoms with Gasteiger partial charge in [-0.3, -0.25) is 0 Å². The average Bonchev–Trinajstić information content (AvgIpc) is 2.07. The molecule has 2 nitrogen and oxygen atoms in total. The van der Waals surface area contributed by atoms with E-state index in [1.54, 1.807) is 0 Å². The molecule has 1 N–H and O–H groups in total. The van der Waals surface area contributed by atoms with Gasteiger partial charge in [-0.2, -0.15) is 0 Å². The van der Waals surface area contributed by atoms with Gasteiger partial charge in [0.25, 0.3) is 0 Å². The second kappa shape index (κ2) is 2.87. The fraction of sp³-hybridized carbons (Fsp3) is 0.333. The maximum absolute atomic E-state index is 5.95. The maximum atomic E-state index is 5.95. The summed E-state index contributed by atoms with van der Waals surface area (Å²) in [6.07, 6.45) is 0. The van der Waals surface area contributed by atoms with E-state index in [9.17, 15) is 0 Å². The van der Waals surface area contributed by atoms with Gasteiger partial charge in [0.15, 0.2) is 0 Å². The molecular weight excluding hydrogens is 174 g/mol. The molecular formula is C9H10ClNO. The highest BCUT2D eigenvalue weighted by molar-refractivity contribution is 6.31. The summed E-state index contributed by atoms with van der Waals surface area (Å²) in [5.74, 6) is 0.906. The van der Waals surface area contributed by atoms with Crippen molar-refractivity contribution in [2.45, 2.75) is 6.92 Å². The summed E-state index contributed by atoms with van der Waals surface area (Å²) in [5.41, 5.74) is 2.05. The van der Waals surface area contributed by atoms with Gasteiger partial charge in [-0.15, -0.1) is 0 Å². The number of hydrogen-bond donors (Lipinski definition) is 1. The standard InChI is InChI=1S/C9H10ClNO/c1-6-4-9-8(5-7(6)10)11-2-3-12-9/h4-5,11H,2-3H2,1H3. The number of anilines is 1. The molecule has 0 amide bonds. The normalized spacial score (nSPS) is 14.5. The molecule has 0 unspecified atom stereocenters. The Morgan fingerprint density at radius 1 is 1.50 bits per heavy atom. The van der Waals surface area contributed by atoms with Crippen molar-refractivity contribution in [2.24, 2.45) is 0 Å². The van der Waals surface area contributed by atoms with Crippen LogP contribution < -0.4 is 10.1 Å². The Labute approximate surface area is 76.5 Å². The van der Waals surface area contributed by atoms with Gasteiger partial charge < -0.3 is 10.1 Å². The molecule has 1 aromatic rings. The lowest BCUT2D eigenvalue weighted by molar-refractivity contribution is 0.323. The van der Waals surface area contributed by atoms with Gasteiger partial charge in [-0.25, -0.2) is 0 Å². The van der Waals surface area contributed by atoms with E-state index in [0.29, 0.717) is 0 Å². The highest BCUT2D eigenvalue weighted by Crippen LogP contribution is 2.32. The molecule has 0 spiro atoms. The summed E-state index contributed by atoms with van der Waals surface area (Å²) < 4.78 is 5.44. The van der Waals surface area contributed by atoms with Gasteiger partial charge in [-0.05, 0) is 24.6 Å². The largest absolute Gasteiger partial charge is 0.490 e. The molecule has 0 radical (unpaired) electrons. The van der Waals surface area contributed by atoms with E-state index >= 15 is 0 Å². The number of fused-ring (bicyclic) bond motifs is 1. The summed E-state index contributed by atoms with van der Waals surface area (Å²) >= 11 is 5.95. The molecule has 1 heterocycles. The highest BCUT2D eigenvalue weighted by atomic mass is 35.5. The zero-order chi connectivity index (χ0) is 8.55. The van der Waals surface area contributed by atoms with Crippen LogP contribution in [0.15, 0.2) is 12.1 Å². The van der Waals surface area contributed by atoms with Crippen LogP contribution in [-0.4, -0.2) is 13.2 Å². The lowest BCUT2D eigenvalue weighted by Crippen LogP contribution is -2.17. The number of nitrogens with one attached hydrogen (secondary N) is 1. The predicted octanol–water partition coefficient (Wildman–Crippen LogP) is 2.45. The van der Waals surface area contributed by atoms with Crippen molar-refractivity contribution in [3.05, 3.63) is 22.7 Å². The van der Waals surface area contributed by atoms with Crippen LogP contribution in [0.4, 0.5) is 5.69 Å². The second-order valence-electron chi connectivity index (χ2n) is 2.87. The van der Waals surface area contributed by atoms with Crippen molar-refractivity contribution < 1.29 is 4.74 Å². The van der Waals surface area contributed by atoms with Crippen LogP contribution in [0.2, 0.25) is 5.02 Å². The van der Waals surface area contributed by atoms with Crippen LogP contribution in [0.3, 0.4) is 0 Å². The van der Waals surface area contributed by atoms with Crippen molar-refractivity contribution in [2.75, 3.05) is 18.5 Å². The zero-order valence-corrected chi connectivity index (χ0v) is 7.61. The molecule has 0 bridgehead atoms. The Morgan fingerprint density at radius 3 is 3.17 bits per heavy atom. The first-order chi connectivity index (χ1) is 5.77. The average molecular weight is 184 g/mol. The Morgan fingerprint density at radius 2 is 2.33 bits per heavy atom. The van der Waals surface area contributed by atoms with Crippen LogP contribution >= 0.6 is 11.6 Å². The summed E-state index contributed by atoms with van der Waals surface area (Å²) in [7, 11) is 0. The molecule has 1 aliphatic heterocycles. The molecule has 0 aromatic heterocycles. The highest BCUT2D eigenvalue weighted by Gasteiger charge is 2.10. The molecule has 0 atom stereocenters. The molecule has 0 saturated heterocycles. The quantitative estimate of drug-likeness (QED) is 0.667. The Kier molecular flexibility index (Phi) is 1.85. The molecule has 3 heteroatoms. The minimum atomic E-state index is 0.730. The Balaban J connectivity index is 2.49. The van der Waals surface area contributed by atoms with E-state index in [1.807, 2.05) is 19.1 Å². The number of benzene rings is 1. The maximum Gasteiger partial charge on any atom is 0.142 e. The first kappa shape index (κ1) is 7.74. The molecule has 0 fully saturated rings. The molecule has 0 saturated carbocycles. The summed E-state index contributed by atoms with van der Waals surface area (Å²) in [6.45, 7) is 3.56. The number of halogens is 1. The molecule has 2 rings (SSSR count). The fourth-order valence-corrected chi connectivity index (χ4v) is 1.42. The molecule has 1 aromatic carbocycles. The van der Waals surface area contributed by atoms with Gasteiger partial charge in [-0.1, -0.05) is 11.6 Å². The smallest absolute Gasteiger partial charge is 0.142 e. The summed E-state index contributed by atoms with van der Waals surface area (Å²) in [4.78, 5) is 0. The number of rotatable bonds is 0. The van der Waals surface area contributed by atoms with Gasteiger partial charge in [0, 0.05) is 11.6 Å². The fourth-order valence-electron chi connectivity index (χ4n) is 1.26. The third kappa shape index (κ3) is 1.23. The van der Waals surface area contributed by atoms with Gasteiger partial charge in [0.2, 0.25) is 0 Å². The predicted molar refractivity (Wildman–Crippen MR) is 50.2 cm³/mol. The van der Waals surface area contributed by atoms with E-state index in [4.69, 9.17) is 16.3 Å². The van der Waals surface area contributed by atoms with Crippen molar-refractivity contribution in [3.63, 3.8) is 0 Å². The monoisotopic (exact) mass is 183 g/mol. The third-order valence-electron chi connectivity index (χ3n) is 1.94. The minimum absolute atomic E-state index is 0.730. The number of ether oxygens (including phenoxy) is 1. The number of hydrogen-bond acceptors (Lipinski definition) is 2. The van der Waals surface area contributed by atoms with Crippen molar-refractivity contribution in [1.29, 1.82) is 0 Å². The van der Waals surface area contributed by atoms with E-state index in [1.165, 1.54) is 0 Å². The van der Waals surface area contributed by atoms with Crippen LogP contribution in [0.25, 0.3) is 0 Å². The zero-order valence-electron chi connectivity index (χ0n) is 6.86.